The predicted octanol–water partition coefficient (Wildman–Crippen LogP) is 6.00. The van der Waals surface area contributed by atoms with Crippen molar-refractivity contribution in [3.8, 4) is 0 Å². The molecule has 0 saturated carbocycles. The third-order valence-electron chi connectivity index (χ3n) is 4.65. The van der Waals surface area contributed by atoms with Crippen molar-refractivity contribution in [2.75, 3.05) is 19.8 Å². The van der Waals surface area contributed by atoms with Crippen molar-refractivity contribution in [3.63, 3.8) is 0 Å². The van der Waals surface area contributed by atoms with Gasteiger partial charge in [-0.25, -0.2) is 4.57 Å². The maximum atomic E-state index is 11.1. The number of rotatable bonds is 17. The maximum Gasteiger partial charge on any atom is 0.472 e. The summed E-state index contributed by atoms with van der Waals surface area (Å²) in [7, 11) is -3.77. The van der Waals surface area contributed by atoms with E-state index in [2.05, 4.69) is 11.4 Å². The zero-order chi connectivity index (χ0) is 18.2. The van der Waals surface area contributed by atoms with Gasteiger partial charge in [-0.15, -0.1) is 0 Å². The minimum atomic E-state index is -3.77. The SMILES string of the molecule is CCCCCCCCCCCCCCCCOCC1COP(=O)(O)O1. The fourth-order valence-corrected chi connectivity index (χ4v) is 4.03. The van der Waals surface area contributed by atoms with Gasteiger partial charge in [0, 0.05) is 6.61 Å². The van der Waals surface area contributed by atoms with Crippen molar-refractivity contribution >= 4 is 7.82 Å². The lowest BCUT2D eigenvalue weighted by atomic mass is 10.0. The molecule has 0 amide bonds. The molecule has 1 aliphatic heterocycles. The van der Waals surface area contributed by atoms with Crippen LogP contribution in [0, 0.1) is 0 Å². The van der Waals surface area contributed by atoms with Crippen LogP contribution in [-0.2, 0) is 18.3 Å². The normalized spacial score (nSPS) is 23.4. The van der Waals surface area contributed by atoms with Crippen LogP contribution in [0.1, 0.15) is 96.8 Å². The van der Waals surface area contributed by atoms with Crippen molar-refractivity contribution in [1.82, 2.24) is 0 Å². The molecular formula is C19H39O5P. The van der Waals surface area contributed by atoms with Crippen LogP contribution < -0.4 is 0 Å². The molecule has 0 aromatic rings. The van der Waals surface area contributed by atoms with Gasteiger partial charge in [0.05, 0.1) is 13.2 Å². The lowest BCUT2D eigenvalue weighted by molar-refractivity contribution is 0.0554. The minimum Gasteiger partial charge on any atom is -0.379 e. The van der Waals surface area contributed by atoms with Crippen LogP contribution >= 0.6 is 7.82 Å². The third kappa shape index (κ3) is 13.9. The van der Waals surface area contributed by atoms with E-state index in [0.29, 0.717) is 13.2 Å². The highest BCUT2D eigenvalue weighted by Crippen LogP contribution is 2.49. The van der Waals surface area contributed by atoms with E-state index < -0.39 is 13.9 Å². The summed E-state index contributed by atoms with van der Waals surface area (Å²) in [6.07, 6.45) is 18.4. The van der Waals surface area contributed by atoms with Crippen LogP contribution in [0.4, 0.5) is 0 Å². The molecule has 0 aromatic carbocycles. The number of ether oxygens (including phenoxy) is 1. The summed E-state index contributed by atoms with van der Waals surface area (Å²) < 4.78 is 26.0. The zero-order valence-electron chi connectivity index (χ0n) is 16.1. The number of hydrogen-bond donors (Lipinski definition) is 1. The lowest BCUT2D eigenvalue weighted by Gasteiger charge is -2.08. The Morgan fingerprint density at radius 2 is 1.36 bits per heavy atom. The van der Waals surface area contributed by atoms with Gasteiger partial charge >= 0.3 is 7.82 Å². The Labute approximate surface area is 154 Å². The van der Waals surface area contributed by atoms with Gasteiger partial charge in [0.15, 0.2) is 0 Å². The molecule has 0 spiro atoms. The number of hydrogen-bond acceptors (Lipinski definition) is 4. The van der Waals surface area contributed by atoms with Crippen molar-refractivity contribution in [1.29, 1.82) is 0 Å². The minimum absolute atomic E-state index is 0.145. The van der Waals surface area contributed by atoms with Crippen LogP contribution in [0.3, 0.4) is 0 Å². The molecule has 0 bridgehead atoms. The second-order valence-electron chi connectivity index (χ2n) is 7.16. The summed E-state index contributed by atoms with van der Waals surface area (Å²) in [5, 5.41) is 0. The molecule has 6 heteroatoms. The largest absolute Gasteiger partial charge is 0.472 e. The summed E-state index contributed by atoms with van der Waals surface area (Å²) in [6.45, 7) is 3.44. The molecule has 1 N–H and O–H groups in total. The van der Waals surface area contributed by atoms with E-state index in [1.165, 1.54) is 83.5 Å². The molecule has 2 unspecified atom stereocenters. The first-order chi connectivity index (χ1) is 12.1. The molecule has 150 valence electrons. The van der Waals surface area contributed by atoms with Gasteiger partial charge < -0.3 is 9.63 Å². The van der Waals surface area contributed by atoms with Crippen molar-refractivity contribution < 1.29 is 23.2 Å². The molecular weight excluding hydrogens is 339 g/mol. The molecule has 0 aromatic heterocycles. The van der Waals surface area contributed by atoms with E-state index in [-0.39, 0.29) is 6.61 Å². The van der Waals surface area contributed by atoms with Crippen molar-refractivity contribution in [2.24, 2.45) is 0 Å². The third-order valence-corrected chi connectivity index (χ3v) is 5.69. The summed E-state index contributed by atoms with van der Waals surface area (Å²) in [4.78, 5) is 9.06. The van der Waals surface area contributed by atoms with Crippen LogP contribution in [0.2, 0.25) is 0 Å². The molecule has 1 heterocycles. The van der Waals surface area contributed by atoms with Gasteiger partial charge in [0.25, 0.3) is 0 Å². The highest BCUT2D eigenvalue weighted by Gasteiger charge is 2.35. The number of phosphoric ester groups is 1. The van der Waals surface area contributed by atoms with Crippen LogP contribution in [0.5, 0.6) is 0 Å². The Kier molecular flexibility index (Phi) is 14.0. The number of unbranched alkanes of at least 4 members (excludes halogenated alkanes) is 13. The molecule has 25 heavy (non-hydrogen) atoms. The molecule has 1 aliphatic rings. The van der Waals surface area contributed by atoms with Crippen LogP contribution in [-0.4, -0.2) is 30.8 Å². The summed E-state index contributed by atoms with van der Waals surface area (Å²) >= 11 is 0. The molecule has 1 rings (SSSR count). The number of phosphoric acid groups is 1. The van der Waals surface area contributed by atoms with E-state index in [1.54, 1.807) is 0 Å². The summed E-state index contributed by atoms with van der Waals surface area (Å²) in [5.74, 6) is 0. The average molecular weight is 378 g/mol. The van der Waals surface area contributed by atoms with E-state index in [1.807, 2.05) is 0 Å². The summed E-state index contributed by atoms with van der Waals surface area (Å²) in [6, 6.07) is 0. The lowest BCUT2D eigenvalue weighted by Crippen LogP contribution is -2.17. The van der Waals surface area contributed by atoms with Gasteiger partial charge in [0.2, 0.25) is 0 Å². The molecule has 0 radical (unpaired) electrons. The van der Waals surface area contributed by atoms with Crippen LogP contribution in [0.25, 0.3) is 0 Å². The topological polar surface area (TPSA) is 65.0 Å². The Bertz CT molecular complexity index is 351. The monoisotopic (exact) mass is 378 g/mol. The average Bonchev–Trinajstić information content (AvgIpc) is 2.93. The maximum absolute atomic E-state index is 11.1. The van der Waals surface area contributed by atoms with Gasteiger partial charge in [-0.3, -0.25) is 9.05 Å². The molecule has 0 aliphatic carbocycles. The Balaban J connectivity index is 1.70. The molecule has 1 fully saturated rings. The second-order valence-corrected chi connectivity index (χ2v) is 8.57. The Morgan fingerprint density at radius 3 is 1.80 bits per heavy atom. The highest BCUT2D eigenvalue weighted by molar-refractivity contribution is 7.47. The van der Waals surface area contributed by atoms with E-state index in [9.17, 15) is 4.57 Å². The first kappa shape index (κ1) is 23.1. The fraction of sp³-hybridized carbons (Fsp3) is 1.00. The van der Waals surface area contributed by atoms with Crippen molar-refractivity contribution in [3.05, 3.63) is 0 Å². The van der Waals surface area contributed by atoms with Crippen molar-refractivity contribution in [2.45, 2.75) is 103 Å². The molecule has 1 saturated heterocycles. The van der Waals surface area contributed by atoms with Gasteiger partial charge in [0.1, 0.15) is 6.10 Å². The highest BCUT2D eigenvalue weighted by atomic mass is 31.2. The standard InChI is InChI=1S/C19H39O5P/c1-2-3-4-5-6-7-8-9-10-11-12-13-14-15-16-22-17-19-18-23-25(20,21)24-19/h19H,2-18H2,1H3,(H,20,21). The van der Waals surface area contributed by atoms with E-state index in [4.69, 9.17) is 14.2 Å². The van der Waals surface area contributed by atoms with Gasteiger partial charge in [-0.1, -0.05) is 90.4 Å². The smallest absolute Gasteiger partial charge is 0.379 e. The first-order valence-corrected chi connectivity index (χ1v) is 11.9. The zero-order valence-corrected chi connectivity index (χ0v) is 17.0. The molecule has 5 nitrogen and oxygen atoms in total. The quantitative estimate of drug-likeness (QED) is 0.248. The Hall–Kier alpha value is 0.0700. The van der Waals surface area contributed by atoms with Crippen LogP contribution in [0.15, 0.2) is 0 Å². The van der Waals surface area contributed by atoms with Gasteiger partial charge in [-0.2, -0.15) is 0 Å². The first-order valence-electron chi connectivity index (χ1n) is 10.4. The van der Waals surface area contributed by atoms with E-state index >= 15 is 0 Å². The fourth-order valence-electron chi connectivity index (χ4n) is 3.12. The van der Waals surface area contributed by atoms with Gasteiger partial charge in [-0.05, 0) is 6.42 Å². The molecule has 2 atom stereocenters. The Morgan fingerprint density at radius 1 is 0.880 bits per heavy atom. The predicted molar refractivity (Wildman–Crippen MR) is 102 cm³/mol. The second kappa shape index (κ2) is 15.2. The summed E-state index contributed by atoms with van der Waals surface area (Å²) in [5.41, 5.74) is 0. The van der Waals surface area contributed by atoms with E-state index in [0.717, 1.165) is 6.42 Å².